The van der Waals surface area contributed by atoms with Crippen LogP contribution in [0.5, 0.6) is 0 Å². The first kappa shape index (κ1) is 11.0. The van der Waals surface area contributed by atoms with Crippen LogP contribution in [-0.2, 0) is 19.1 Å². The highest BCUT2D eigenvalue weighted by atomic mass is 16.6. The molecule has 0 unspecified atom stereocenters. The molecule has 0 aromatic heterocycles. The molecule has 0 atom stereocenters. The van der Waals surface area contributed by atoms with E-state index in [2.05, 4.69) is 9.47 Å². The Hall–Kier alpha value is -0.995. The molecule has 0 heterocycles. The SMILES string of the molecule is BC(C(=O)OCC)C(=O)OCC. The average molecular weight is 172 g/mol. The van der Waals surface area contributed by atoms with E-state index in [1.165, 1.54) is 7.85 Å². The monoisotopic (exact) mass is 172 g/mol. The molecular formula is C7H13BO4. The van der Waals surface area contributed by atoms with Crippen LogP contribution in [0.3, 0.4) is 0 Å². The standard InChI is InChI=1S/C7H13BO4/c1-3-11-6(9)5(8)7(10)12-4-2/h5H,3-4,8H2,1-2H3. The molecule has 0 N–H and O–H groups in total. The second-order valence-electron chi connectivity index (χ2n) is 2.23. The minimum Gasteiger partial charge on any atom is -0.466 e. The molecule has 0 rings (SSSR count). The van der Waals surface area contributed by atoms with Crippen molar-refractivity contribution in [3.05, 3.63) is 0 Å². The Kier molecular flexibility index (Phi) is 5.16. The van der Waals surface area contributed by atoms with Crippen molar-refractivity contribution in [2.24, 2.45) is 0 Å². The molecule has 0 spiro atoms. The molecule has 0 aromatic rings. The van der Waals surface area contributed by atoms with Crippen molar-refractivity contribution in [1.82, 2.24) is 0 Å². The molecule has 0 amide bonds. The summed E-state index contributed by atoms with van der Waals surface area (Å²) in [5.41, 5.74) is 0. The third kappa shape index (κ3) is 3.41. The molecule has 0 radical (unpaired) electrons. The zero-order valence-electron chi connectivity index (χ0n) is 7.62. The summed E-state index contributed by atoms with van der Waals surface area (Å²) in [6, 6.07) is 0. The maximum atomic E-state index is 10.9. The van der Waals surface area contributed by atoms with Crippen molar-refractivity contribution >= 4 is 19.8 Å². The largest absolute Gasteiger partial charge is 0.466 e. The molecule has 5 heteroatoms. The van der Waals surface area contributed by atoms with Gasteiger partial charge in [-0.2, -0.15) is 0 Å². The Labute approximate surface area is 72.6 Å². The van der Waals surface area contributed by atoms with Crippen LogP contribution in [0.1, 0.15) is 13.8 Å². The highest BCUT2D eigenvalue weighted by Gasteiger charge is 2.23. The van der Waals surface area contributed by atoms with Gasteiger partial charge < -0.3 is 9.47 Å². The van der Waals surface area contributed by atoms with Crippen molar-refractivity contribution in [2.75, 3.05) is 13.2 Å². The lowest BCUT2D eigenvalue weighted by Gasteiger charge is -2.08. The smallest absolute Gasteiger partial charge is 0.311 e. The molecule has 0 aromatic carbocycles. The summed E-state index contributed by atoms with van der Waals surface area (Å²) in [4.78, 5) is 21.9. The van der Waals surface area contributed by atoms with Crippen LogP contribution in [0, 0.1) is 0 Å². The Balaban J connectivity index is 3.91. The molecule has 0 aliphatic heterocycles. The van der Waals surface area contributed by atoms with E-state index in [4.69, 9.17) is 0 Å². The molecule has 0 bridgehead atoms. The zero-order chi connectivity index (χ0) is 9.56. The van der Waals surface area contributed by atoms with E-state index in [9.17, 15) is 9.59 Å². The number of hydrogen-bond acceptors (Lipinski definition) is 4. The summed E-state index contributed by atoms with van der Waals surface area (Å²) in [6.45, 7) is 3.94. The van der Waals surface area contributed by atoms with Crippen molar-refractivity contribution in [2.45, 2.75) is 19.7 Å². The third-order valence-corrected chi connectivity index (χ3v) is 1.28. The highest BCUT2D eigenvalue weighted by molar-refractivity contribution is 6.34. The average Bonchev–Trinajstić information content (AvgIpc) is 2.04. The first-order valence-electron chi connectivity index (χ1n) is 3.96. The Morgan fingerprint density at radius 1 is 1.17 bits per heavy atom. The van der Waals surface area contributed by atoms with Crippen LogP contribution in [0.2, 0.25) is 5.82 Å². The minimum absolute atomic E-state index is 0.280. The van der Waals surface area contributed by atoms with Crippen LogP contribution in [0.4, 0.5) is 0 Å². The van der Waals surface area contributed by atoms with Gasteiger partial charge in [0, 0.05) is 0 Å². The normalized spacial score (nSPS) is 9.58. The van der Waals surface area contributed by atoms with Crippen molar-refractivity contribution in [1.29, 1.82) is 0 Å². The predicted octanol–water partition coefficient (Wildman–Crippen LogP) is -0.466. The lowest BCUT2D eigenvalue weighted by Crippen LogP contribution is -2.22. The van der Waals surface area contributed by atoms with E-state index in [0.717, 1.165) is 0 Å². The summed E-state index contributed by atoms with van der Waals surface area (Å²) in [7, 11) is 1.47. The molecular weight excluding hydrogens is 159 g/mol. The Morgan fingerprint density at radius 3 is 1.75 bits per heavy atom. The molecule has 68 valence electrons. The summed E-state index contributed by atoms with van der Waals surface area (Å²) in [5, 5.41) is 0. The van der Waals surface area contributed by atoms with Crippen LogP contribution >= 0.6 is 0 Å². The summed E-state index contributed by atoms with van der Waals surface area (Å²) in [5.74, 6) is -1.88. The van der Waals surface area contributed by atoms with Crippen LogP contribution < -0.4 is 0 Å². The van der Waals surface area contributed by atoms with Gasteiger partial charge in [0.05, 0.1) is 13.2 Å². The van der Waals surface area contributed by atoms with E-state index in [1.807, 2.05) is 0 Å². The summed E-state index contributed by atoms with van der Waals surface area (Å²) in [6.07, 6.45) is 0. The van der Waals surface area contributed by atoms with E-state index in [-0.39, 0.29) is 13.2 Å². The van der Waals surface area contributed by atoms with E-state index in [0.29, 0.717) is 0 Å². The van der Waals surface area contributed by atoms with E-state index >= 15 is 0 Å². The first-order valence-corrected chi connectivity index (χ1v) is 3.96. The van der Waals surface area contributed by atoms with Gasteiger partial charge in [0.2, 0.25) is 0 Å². The summed E-state index contributed by atoms with van der Waals surface area (Å²) < 4.78 is 9.26. The van der Waals surface area contributed by atoms with Crippen LogP contribution in [0.15, 0.2) is 0 Å². The lowest BCUT2D eigenvalue weighted by molar-refractivity contribution is -0.153. The number of carbonyl (C=O) groups is 2. The highest BCUT2D eigenvalue weighted by Crippen LogP contribution is 2.04. The second kappa shape index (κ2) is 5.63. The topological polar surface area (TPSA) is 52.6 Å². The molecule has 0 saturated carbocycles. The fourth-order valence-corrected chi connectivity index (χ4v) is 0.631. The fourth-order valence-electron chi connectivity index (χ4n) is 0.631. The minimum atomic E-state index is -0.815. The Bertz CT molecular complexity index is 151. The van der Waals surface area contributed by atoms with Gasteiger partial charge in [-0.3, -0.25) is 9.59 Å². The number of esters is 2. The number of hydrogen-bond donors (Lipinski definition) is 0. The maximum absolute atomic E-state index is 10.9. The predicted molar refractivity (Wildman–Crippen MR) is 45.6 cm³/mol. The first-order chi connectivity index (χ1) is 5.63. The van der Waals surface area contributed by atoms with Gasteiger partial charge in [0.25, 0.3) is 0 Å². The third-order valence-electron chi connectivity index (χ3n) is 1.28. The molecule has 12 heavy (non-hydrogen) atoms. The van der Waals surface area contributed by atoms with Gasteiger partial charge in [-0.25, -0.2) is 0 Å². The number of carbonyl (C=O) groups excluding carboxylic acids is 2. The second-order valence-corrected chi connectivity index (χ2v) is 2.23. The maximum Gasteiger partial charge on any atom is 0.311 e. The number of ether oxygens (including phenoxy) is 2. The van der Waals surface area contributed by atoms with Gasteiger partial charge in [-0.05, 0) is 13.8 Å². The van der Waals surface area contributed by atoms with Gasteiger partial charge in [-0.15, -0.1) is 0 Å². The summed E-state index contributed by atoms with van der Waals surface area (Å²) >= 11 is 0. The fraction of sp³-hybridized carbons (Fsp3) is 0.714. The molecule has 4 nitrogen and oxygen atoms in total. The van der Waals surface area contributed by atoms with Crippen molar-refractivity contribution in [3.8, 4) is 0 Å². The Morgan fingerprint density at radius 2 is 1.50 bits per heavy atom. The van der Waals surface area contributed by atoms with Gasteiger partial charge >= 0.3 is 11.9 Å². The molecule has 0 fully saturated rings. The van der Waals surface area contributed by atoms with Crippen LogP contribution in [-0.4, -0.2) is 33.0 Å². The molecule has 0 aliphatic carbocycles. The van der Waals surface area contributed by atoms with Crippen LogP contribution in [0.25, 0.3) is 0 Å². The lowest BCUT2D eigenvalue weighted by atomic mass is 9.88. The molecule has 0 aliphatic rings. The van der Waals surface area contributed by atoms with Crippen molar-refractivity contribution < 1.29 is 19.1 Å². The van der Waals surface area contributed by atoms with Crippen molar-refractivity contribution in [3.63, 3.8) is 0 Å². The molecule has 0 saturated heterocycles. The van der Waals surface area contributed by atoms with E-state index in [1.54, 1.807) is 13.8 Å². The number of rotatable bonds is 4. The quantitative estimate of drug-likeness (QED) is 0.327. The van der Waals surface area contributed by atoms with E-state index < -0.39 is 17.8 Å². The van der Waals surface area contributed by atoms with Gasteiger partial charge in [0.1, 0.15) is 13.7 Å². The van der Waals surface area contributed by atoms with Gasteiger partial charge in [0.15, 0.2) is 0 Å². The zero-order valence-corrected chi connectivity index (χ0v) is 7.62. The van der Waals surface area contributed by atoms with Gasteiger partial charge in [-0.1, -0.05) is 0 Å².